The first-order chi connectivity index (χ1) is 9.36. The van der Waals surface area contributed by atoms with Gasteiger partial charge in [-0.3, -0.25) is 0 Å². The largest absolute Gasteiger partial charge is 0.368 e. The second-order valence-corrected chi connectivity index (χ2v) is 5.08. The molecule has 0 amide bonds. The van der Waals surface area contributed by atoms with Crippen LogP contribution in [0.2, 0.25) is 0 Å². The maximum absolute atomic E-state index is 8.82. The van der Waals surface area contributed by atoms with Crippen molar-refractivity contribution in [1.82, 2.24) is 15.1 Å². The van der Waals surface area contributed by atoms with E-state index in [4.69, 9.17) is 14.5 Å². The van der Waals surface area contributed by atoms with E-state index in [1.165, 1.54) is 0 Å². The lowest BCUT2D eigenvalue weighted by atomic mass is 10.2. The molecule has 1 atom stereocenters. The van der Waals surface area contributed by atoms with Gasteiger partial charge in [0.15, 0.2) is 0 Å². The maximum atomic E-state index is 8.82. The quantitative estimate of drug-likeness (QED) is 0.825. The summed E-state index contributed by atoms with van der Waals surface area (Å²) in [7, 11) is 0. The summed E-state index contributed by atoms with van der Waals surface area (Å²) in [5, 5.41) is 12.8. The zero-order chi connectivity index (χ0) is 13.1. The summed E-state index contributed by atoms with van der Waals surface area (Å²) in [6, 6.07) is 5.33. The normalized spacial score (nSPS) is 19.0. The lowest BCUT2D eigenvalue weighted by molar-refractivity contribution is 0.0677. The molecule has 0 spiro atoms. The van der Waals surface area contributed by atoms with Crippen LogP contribution in [0.15, 0.2) is 22.9 Å². The topological polar surface area (TPSA) is 84.8 Å². The third kappa shape index (κ3) is 2.59. The van der Waals surface area contributed by atoms with Crippen molar-refractivity contribution in [2.45, 2.75) is 6.10 Å². The van der Waals surface area contributed by atoms with E-state index in [2.05, 4.69) is 15.1 Å². The van der Waals surface area contributed by atoms with Gasteiger partial charge in [0, 0.05) is 23.3 Å². The number of rotatable bonds is 2. The highest BCUT2D eigenvalue weighted by atomic mass is 32.2. The Morgan fingerprint density at radius 2 is 2.42 bits per heavy atom. The highest BCUT2D eigenvalue weighted by molar-refractivity contribution is 7.99. The molecule has 1 unspecified atom stereocenters. The minimum Gasteiger partial charge on any atom is -0.368 e. The van der Waals surface area contributed by atoms with Crippen LogP contribution in [0.1, 0.15) is 17.6 Å². The van der Waals surface area contributed by atoms with Gasteiger partial charge in [0.1, 0.15) is 17.9 Å². The molecule has 0 bridgehead atoms. The molecule has 1 fully saturated rings. The molecule has 0 N–H and O–H groups in total. The third-order valence-electron chi connectivity index (χ3n) is 2.67. The molecule has 0 radical (unpaired) electrons. The molecule has 3 rings (SSSR count). The summed E-state index contributed by atoms with van der Waals surface area (Å²) in [4.78, 5) is 8.23. The summed E-state index contributed by atoms with van der Waals surface area (Å²) >= 11 is 1.81. The second kappa shape index (κ2) is 5.38. The Kier molecular flexibility index (Phi) is 3.44. The van der Waals surface area contributed by atoms with Gasteiger partial charge in [0.2, 0.25) is 5.82 Å². The van der Waals surface area contributed by atoms with Crippen molar-refractivity contribution >= 4 is 11.8 Å². The molecule has 6 nitrogen and oxygen atoms in total. The smallest absolute Gasteiger partial charge is 0.258 e. The van der Waals surface area contributed by atoms with Gasteiger partial charge in [-0.1, -0.05) is 5.16 Å². The van der Waals surface area contributed by atoms with Crippen LogP contribution < -0.4 is 0 Å². The lowest BCUT2D eigenvalue weighted by Crippen LogP contribution is -2.16. The molecule has 2 aromatic rings. The number of hydrogen-bond acceptors (Lipinski definition) is 7. The predicted molar refractivity (Wildman–Crippen MR) is 68.3 cm³/mol. The van der Waals surface area contributed by atoms with E-state index in [1.54, 1.807) is 18.3 Å². The highest BCUT2D eigenvalue weighted by Gasteiger charge is 2.22. The molecular formula is C12H10N4O2S. The van der Waals surface area contributed by atoms with Gasteiger partial charge >= 0.3 is 0 Å². The van der Waals surface area contributed by atoms with E-state index in [9.17, 15) is 0 Å². The van der Waals surface area contributed by atoms with Gasteiger partial charge in [0.25, 0.3) is 5.89 Å². The van der Waals surface area contributed by atoms with Crippen LogP contribution in [0, 0.1) is 11.3 Å². The summed E-state index contributed by atoms with van der Waals surface area (Å²) < 4.78 is 10.8. The number of nitriles is 1. The number of pyridine rings is 1. The van der Waals surface area contributed by atoms with Gasteiger partial charge < -0.3 is 9.26 Å². The minimum absolute atomic E-state index is 0.117. The Bertz CT molecular complexity index is 616. The van der Waals surface area contributed by atoms with Crippen LogP contribution >= 0.6 is 11.8 Å². The third-order valence-corrected chi connectivity index (χ3v) is 3.66. The Balaban J connectivity index is 1.86. The molecule has 2 aromatic heterocycles. The van der Waals surface area contributed by atoms with E-state index >= 15 is 0 Å². The van der Waals surface area contributed by atoms with Crippen LogP contribution in [0.25, 0.3) is 11.5 Å². The first kappa shape index (κ1) is 12.1. The number of aromatic nitrogens is 3. The van der Waals surface area contributed by atoms with Crippen molar-refractivity contribution in [2.24, 2.45) is 0 Å². The van der Waals surface area contributed by atoms with Crippen molar-refractivity contribution in [3.63, 3.8) is 0 Å². The van der Waals surface area contributed by atoms with Crippen LogP contribution in [0.5, 0.6) is 0 Å². The van der Waals surface area contributed by atoms with Crippen molar-refractivity contribution < 1.29 is 9.26 Å². The number of hydrogen-bond donors (Lipinski definition) is 0. The molecular weight excluding hydrogens is 264 g/mol. The standard InChI is InChI=1S/C12H10N4O2S/c13-6-9-5-8(1-2-14-9)12-15-11(16-18-12)10-7-19-4-3-17-10/h1-2,5,10H,3-4,7H2. The number of thioether (sulfide) groups is 1. The monoisotopic (exact) mass is 274 g/mol. The SMILES string of the molecule is N#Cc1cc(-c2nc(C3CSCCO3)no2)ccn1. The summed E-state index contributed by atoms with van der Waals surface area (Å²) in [6.07, 6.45) is 1.43. The van der Waals surface area contributed by atoms with E-state index < -0.39 is 0 Å². The molecule has 7 heteroatoms. The second-order valence-electron chi connectivity index (χ2n) is 3.93. The Morgan fingerprint density at radius 3 is 3.21 bits per heavy atom. The van der Waals surface area contributed by atoms with Gasteiger partial charge in [-0.25, -0.2) is 4.98 Å². The van der Waals surface area contributed by atoms with Crippen LogP contribution in [-0.2, 0) is 4.74 Å². The van der Waals surface area contributed by atoms with E-state index in [1.807, 2.05) is 17.8 Å². The first-order valence-electron chi connectivity index (χ1n) is 5.76. The molecule has 1 saturated heterocycles. The van der Waals surface area contributed by atoms with Gasteiger partial charge in [-0.05, 0) is 12.1 Å². The van der Waals surface area contributed by atoms with Gasteiger partial charge in [0.05, 0.1) is 6.61 Å². The fraction of sp³-hybridized carbons (Fsp3) is 0.333. The van der Waals surface area contributed by atoms with Crippen molar-refractivity contribution in [3.05, 3.63) is 29.8 Å². The summed E-state index contributed by atoms with van der Waals surface area (Å²) in [5.74, 6) is 2.76. The van der Waals surface area contributed by atoms with Gasteiger partial charge in [-0.2, -0.15) is 22.0 Å². The molecule has 96 valence electrons. The Morgan fingerprint density at radius 1 is 1.47 bits per heavy atom. The molecule has 0 aromatic carbocycles. The average Bonchev–Trinajstić information content (AvgIpc) is 2.98. The molecule has 19 heavy (non-hydrogen) atoms. The highest BCUT2D eigenvalue weighted by Crippen LogP contribution is 2.26. The molecule has 1 aliphatic rings. The number of nitrogens with zero attached hydrogens (tertiary/aromatic N) is 4. The zero-order valence-corrected chi connectivity index (χ0v) is 10.8. The molecule has 1 aliphatic heterocycles. The number of ether oxygens (including phenoxy) is 1. The van der Waals surface area contributed by atoms with Crippen LogP contribution in [-0.4, -0.2) is 33.2 Å². The summed E-state index contributed by atoms with van der Waals surface area (Å²) in [5.41, 5.74) is 1.01. The van der Waals surface area contributed by atoms with Crippen LogP contribution in [0.3, 0.4) is 0 Å². The van der Waals surface area contributed by atoms with Crippen molar-refractivity contribution in [3.8, 4) is 17.5 Å². The minimum atomic E-state index is -0.117. The summed E-state index contributed by atoms with van der Waals surface area (Å²) in [6.45, 7) is 0.701. The van der Waals surface area contributed by atoms with E-state index in [0.29, 0.717) is 29.6 Å². The van der Waals surface area contributed by atoms with E-state index in [0.717, 1.165) is 11.5 Å². The van der Waals surface area contributed by atoms with Crippen LogP contribution in [0.4, 0.5) is 0 Å². The molecule has 3 heterocycles. The maximum Gasteiger partial charge on any atom is 0.258 e. The first-order valence-corrected chi connectivity index (χ1v) is 6.92. The predicted octanol–water partition coefficient (Wildman–Crippen LogP) is 1.81. The van der Waals surface area contributed by atoms with Crippen molar-refractivity contribution in [1.29, 1.82) is 5.26 Å². The Hall–Kier alpha value is -1.91. The molecule has 0 aliphatic carbocycles. The lowest BCUT2D eigenvalue weighted by Gasteiger charge is -2.18. The van der Waals surface area contributed by atoms with Crippen molar-refractivity contribution in [2.75, 3.05) is 18.1 Å². The molecule has 0 saturated carbocycles. The zero-order valence-electron chi connectivity index (χ0n) is 9.94. The van der Waals surface area contributed by atoms with E-state index in [-0.39, 0.29) is 6.10 Å². The Labute approximate surface area is 113 Å². The fourth-order valence-electron chi connectivity index (χ4n) is 1.74. The fourth-order valence-corrected chi connectivity index (χ4v) is 2.58. The van der Waals surface area contributed by atoms with Gasteiger partial charge in [-0.15, -0.1) is 0 Å². The average molecular weight is 274 g/mol.